The molecule has 1 N–H and O–H groups in total. The van der Waals surface area contributed by atoms with E-state index in [1.165, 1.54) is 0 Å². The molecule has 2 aromatic carbocycles. The summed E-state index contributed by atoms with van der Waals surface area (Å²) in [4.78, 5) is 23.9. The normalized spacial score (nSPS) is 15.1. The minimum absolute atomic E-state index is 0.0249. The van der Waals surface area contributed by atoms with Crippen LogP contribution in [0.3, 0.4) is 0 Å². The van der Waals surface area contributed by atoms with Crippen molar-refractivity contribution in [2.75, 3.05) is 25.5 Å². The monoisotopic (exact) mass is 620 g/mol. The third-order valence-corrected chi connectivity index (χ3v) is 7.79. The van der Waals surface area contributed by atoms with Crippen LogP contribution in [0, 0.1) is 6.92 Å². The number of methoxy groups -OCH3 is 1. The second-order valence-corrected chi connectivity index (χ2v) is 12.6. The Kier molecular flexibility index (Phi) is 8.78. The van der Waals surface area contributed by atoms with Crippen molar-refractivity contribution in [3.8, 4) is 28.5 Å². The van der Waals surface area contributed by atoms with Gasteiger partial charge < -0.3 is 24.4 Å². The predicted octanol–water partition coefficient (Wildman–Crippen LogP) is 7.46. The first-order valence-corrected chi connectivity index (χ1v) is 15.6. The van der Waals surface area contributed by atoms with Crippen LogP contribution in [0.4, 0.5) is 10.6 Å². The summed E-state index contributed by atoms with van der Waals surface area (Å²) in [5.41, 5.74) is 4.22. The van der Waals surface area contributed by atoms with Gasteiger partial charge in [-0.15, -0.1) is 0 Å². The van der Waals surface area contributed by atoms with Gasteiger partial charge in [0.1, 0.15) is 28.2 Å². The number of carbonyl (C=O) groups is 1. The molecule has 6 rings (SSSR count). The minimum atomic E-state index is -0.555. The summed E-state index contributed by atoms with van der Waals surface area (Å²) in [6, 6.07) is 21.7. The molecular formula is C36H40N6O4. The van der Waals surface area contributed by atoms with E-state index < -0.39 is 5.60 Å². The first-order valence-electron chi connectivity index (χ1n) is 15.6. The number of anilines is 1. The Balaban J connectivity index is 1.30. The fourth-order valence-corrected chi connectivity index (χ4v) is 5.51. The van der Waals surface area contributed by atoms with Gasteiger partial charge in [0.2, 0.25) is 0 Å². The highest BCUT2D eigenvalue weighted by Crippen LogP contribution is 2.36. The number of aryl methyl sites for hydroxylation is 1. The van der Waals surface area contributed by atoms with Crippen molar-refractivity contribution >= 4 is 22.9 Å². The number of nitrogens with one attached hydrogen (secondary N) is 1. The first-order chi connectivity index (χ1) is 22.1. The lowest BCUT2D eigenvalue weighted by Crippen LogP contribution is -2.47. The van der Waals surface area contributed by atoms with Gasteiger partial charge in [-0.3, -0.25) is 4.98 Å². The number of piperidine rings is 1. The van der Waals surface area contributed by atoms with Crippen molar-refractivity contribution in [1.29, 1.82) is 0 Å². The average Bonchev–Trinajstić information content (AvgIpc) is 3.39. The van der Waals surface area contributed by atoms with Crippen LogP contribution in [0.5, 0.6) is 17.2 Å². The lowest BCUT2D eigenvalue weighted by atomic mass is 10.1. The van der Waals surface area contributed by atoms with E-state index in [4.69, 9.17) is 24.3 Å². The lowest BCUT2D eigenvalue weighted by Gasteiger charge is -2.34. The Bertz CT molecular complexity index is 1790. The summed E-state index contributed by atoms with van der Waals surface area (Å²) in [7, 11) is 1.65. The predicted molar refractivity (Wildman–Crippen MR) is 179 cm³/mol. The van der Waals surface area contributed by atoms with Gasteiger partial charge in [0.05, 0.1) is 19.3 Å². The number of amides is 1. The SMILES string of the molecule is COc1ccc(Cn2nc(N[C@@H]3CCCN(C(=O)OC(C)(C)C)C3)c3c(Oc4ccc(-c5ccc(C)cn5)cc4)ccnc32)cc1. The van der Waals surface area contributed by atoms with E-state index in [1.807, 2.05) is 99.2 Å². The number of nitrogens with zero attached hydrogens (tertiary/aromatic N) is 5. The smallest absolute Gasteiger partial charge is 0.410 e. The van der Waals surface area contributed by atoms with Gasteiger partial charge in [-0.1, -0.05) is 18.2 Å². The molecule has 0 bridgehead atoms. The van der Waals surface area contributed by atoms with Crippen LogP contribution in [0.25, 0.3) is 22.3 Å². The van der Waals surface area contributed by atoms with E-state index in [9.17, 15) is 4.79 Å². The van der Waals surface area contributed by atoms with Crippen LogP contribution >= 0.6 is 0 Å². The summed E-state index contributed by atoms with van der Waals surface area (Å²) in [6.07, 6.45) is 5.04. The zero-order valence-corrected chi connectivity index (χ0v) is 27.0. The van der Waals surface area contributed by atoms with Gasteiger partial charge in [-0.05, 0) is 94.1 Å². The molecule has 1 aliphatic rings. The number of aromatic nitrogens is 4. The standard InChI is InChI=1S/C36H40N6O4/c1-24-8-17-30(38-21-24)26-11-15-29(16-12-26)45-31-18-19-37-34-32(31)33(40-42(34)22-25-9-13-28(44-5)14-10-25)39-27-7-6-20-41(23-27)35(43)46-36(2,3)4/h8-19,21,27H,6-7,20,22-23H2,1-5H3,(H,39,40)/t27-/m1/s1. The summed E-state index contributed by atoms with van der Waals surface area (Å²) in [5, 5.41) is 9.40. The topological polar surface area (TPSA) is 104 Å². The maximum atomic E-state index is 12.9. The van der Waals surface area contributed by atoms with Gasteiger partial charge in [0.25, 0.3) is 0 Å². The zero-order chi connectivity index (χ0) is 32.3. The number of pyridine rings is 2. The first kappa shape index (κ1) is 30.9. The molecule has 1 fully saturated rings. The highest BCUT2D eigenvalue weighted by molar-refractivity contribution is 5.93. The molecule has 0 radical (unpaired) electrons. The molecule has 10 heteroatoms. The lowest BCUT2D eigenvalue weighted by molar-refractivity contribution is 0.0206. The molecule has 10 nitrogen and oxygen atoms in total. The maximum absolute atomic E-state index is 12.9. The molecule has 0 unspecified atom stereocenters. The second-order valence-electron chi connectivity index (χ2n) is 12.6. The van der Waals surface area contributed by atoms with Crippen molar-refractivity contribution in [1.82, 2.24) is 24.6 Å². The van der Waals surface area contributed by atoms with Gasteiger partial charge in [-0.25, -0.2) is 14.5 Å². The van der Waals surface area contributed by atoms with E-state index in [2.05, 4.69) is 16.4 Å². The number of benzene rings is 2. The van der Waals surface area contributed by atoms with Crippen LogP contribution in [0.2, 0.25) is 0 Å². The van der Waals surface area contributed by atoms with E-state index in [-0.39, 0.29) is 12.1 Å². The number of hydrogen-bond donors (Lipinski definition) is 1. The Morgan fingerprint density at radius 3 is 2.43 bits per heavy atom. The Hall–Kier alpha value is -5.12. The summed E-state index contributed by atoms with van der Waals surface area (Å²) < 4.78 is 19.4. The number of likely N-dealkylation sites (tertiary alicyclic amines) is 1. The fraction of sp³-hybridized carbons (Fsp3) is 0.333. The molecule has 0 aliphatic carbocycles. The molecule has 1 atom stereocenters. The Morgan fingerprint density at radius 1 is 0.978 bits per heavy atom. The van der Waals surface area contributed by atoms with Crippen LogP contribution in [0.1, 0.15) is 44.7 Å². The van der Waals surface area contributed by atoms with E-state index in [0.29, 0.717) is 42.6 Å². The number of hydrogen-bond acceptors (Lipinski definition) is 8. The zero-order valence-electron chi connectivity index (χ0n) is 27.0. The molecule has 3 aromatic heterocycles. The van der Waals surface area contributed by atoms with Crippen molar-refractivity contribution in [2.24, 2.45) is 0 Å². The largest absolute Gasteiger partial charge is 0.497 e. The molecular weight excluding hydrogens is 580 g/mol. The number of carbonyl (C=O) groups excluding carboxylic acids is 1. The molecule has 0 saturated carbocycles. The van der Waals surface area contributed by atoms with Gasteiger partial charge in [-0.2, -0.15) is 5.10 Å². The molecule has 0 spiro atoms. The number of fused-ring (bicyclic) bond motifs is 1. The van der Waals surface area contributed by atoms with E-state index >= 15 is 0 Å². The summed E-state index contributed by atoms with van der Waals surface area (Å²) in [6.45, 7) is 9.34. The molecule has 238 valence electrons. The summed E-state index contributed by atoms with van der Waals surface area (Å²) >= 11 is 0. The Morgan fingerprint density at radius 2 is 1.74 bits per heavy atom. The molecule has 1 saturated heterocycles. The van der Waals surface area contributed by atoms with E-state index in [1.54, 1.807) is 18.2 Å². The fourth-order valence-electron chi connectivity index (χ4n) is 5.51. The van der Waals surface area contributed by atoms with Gasteiger partial charge >= 0.3 is 6.09 Å². The van der Waals surface area contributed by atoms with Crippen molar-refractivity contribution in [2.45, 2.75) is 58.7 Å². The molecule has 1 amide bonds. The quantitative estimate of drug-likeness (QED) is 0.191. The minimum Gasteiger partial charge on any atom is -0.497 e. The highest BCUT2D eigenvalue weighted by atomic mass is 16.6. The van der Waals surface area contributed by atoms with Crippen LogP contribution < -0.4 is 14.8 Å². The highest BCUT2D eigenvalue weighted by Gasteiger charge is 2.29. The van der Waals surface area contributed by atoms with Crippen molar-refractivity contribution in [3.05, 3.63) is 90.3 Å². The molecule has 46 heavy (non-hydrogen) atoms. The van der Waals surface area contributed by atoms with Crippen molar-refractivity contribution < 1.29 is 19.0 Å². The molecule has 4 heterocycles. The van der Waals surface area contributed by atoms with Crippen LogP contribution in [0.15, 0.2) is 79.1 Å². The van der Waals surface area contributed by atoms with Crippen LogP contribution in [-0.2, 0) is 11.3 Å². The van der Waals surface area contributed by atoms with E-state index in [0.717, 1.165) is 46.4 Å². The molecule has 1 aliphatic heterocycles. The third-order valence-electron chi connectivity index (χ3n) is 7.79. The maximum Gasteiger partial charge on any atom is 0.410 e. The van der Waals surface area contributed by atoms with Crippen molar-refractivity contribution in [3.63, 3.8) is 0 Å². The second kappa shape index (κ2) is 13.1. The average molecular weight is 621 g/mol. The molecule has 5 aromatic rings. The van der Waals surface area contributed by atoms with Crippen LogP contribution in [-0.4, -0.2) is 62.6 Å². The summed E-state index contributed by atoms with van der Waals surface area (Å²) in [5.74, 6) is 2.77. The number of rotatable bonds is 8. The Labute approximate surface area is 269 Å². The van der Waals surface area contributed by atoms with Gasteiger partial charge in [0.15, 0.2) is 11.5 Å². The van der Waals surface area contributed by atoms with Gasteiger partial charge in [0, 0.05) is 43.2 Å². The third kappa shape index (κ3) is 7.22. The number of ether oxygens (including phenoxy) is 3.